The Morgan fingerprint density at radius 2 is 2.28 bits per heavy atom. The van der Waals surface area contributed by atoms with E-state index in [1.165, 1.54) is 0 Å². The number of benzene rings is 1. The van der Waals surface area contributed by atoms with Gasteiger partial charge in [0.05, 0.1) is 18.8 Å². The van der Waals surface area contributed by atoms with E-state index in [1.807, 2.05) is 6.92 Å². The Morgan fingerprint density at radius 3 is 2.83 bits per heavy atom. The van der Waals surface area contributed by atoms with E-state index in [-0.39, 0.29) is 12.5 Å². The third-order valence-electron chi connectivity index (χ3n) is 3.03. The topological polar surface area (TPSA) is 84.6 Å². The molecule has 5 nitrogen and oxygen atoms in total. The summed E-state index contributed by atoms with van der Waals surface area (Å²) in [6, 6.07) is 5.18. The summed E-state index contributed by atoms with van der Waals surface area (Å²) in [7, 11) is 0. The van der Waals surface area contributed by atoms with Crippen molar-refractivity contribution in [3.05, 3.63) is 23.8 Å². The molecule has 1 aromatic carbocycles. The zero-order valence-electron chi connectivity index (χ0n) is 10.4. The molecule has 0 heterocycles. The molecule has 1 aromatic rings. The molecule has 0 atom stereocenters. The monoisotopic (exact) mass is 250 g/mol. The van der Waals surface area contributed by atoms with Crippen LogP contribution in [0.4, 0.5) is 5.69 Å². The number of hydrogen-bond donors (Lipinski definition) is 3. The van der Waals surface area contributed by atoms with Crippen LogP contribution >= 0.6 is 0 Å². The first kappa shape index (κ1) is 12.9. The van der Waals surface area contributed by atoms with E-state index >= 15 is 0 Å². The molecule has 0 bridgehead atoms. The van der Waals surface area contributed by atoms with E-state index in [1.54, 1.807) is 18.2 Å². The van der Waals surface area contributed by atoms with Crippen LogP contribution in [0.15, 0.2) is 18.2 Å². The van der Waals surface area contributed by atoms with Crippen molar-refractivity contribution in [2.45, 2.75) is 31.9 Å². The number of ether oxygens (including phenoxy) is 1. The number of hydrogen-bond acceptors (Lipinski definition) is 4. The Kier molecular flexibility index (Phi) is 3.54. The van der Waals surface area contributed by atoms with Crippen molar-refractivity contribution in [1.29, 1.82) is 0 Å². The maximum Gasteiger partial charge on any atom is 0.244 e. The Hall–Kier alpha value is -1.59. The number of amides is 1. The first-order valence-corrected chi connectivity index (χ1v) is 6.06. The van der Waals surface area contributed by atoms with Gasteiger partial charge in [-0.2, -0.15) is 0 Å². The molecule has 98 valence electrons. The highest BCUT2D eigenvalue weighted by molar-refractivity contribution is 6.00. The quantitative estimate of drug-likeness (QED) is 0.728. The average molecular weight is 250 g/mol. The Bertz CT molecular complexity index is 456. The van der Waals surface area contributed by atoms with Crippen LogP contribution in [-0.4, -0.2) is 23.2 Å². The van der Waals surface area contributed by atoms with Gasteiger partial charge in [0.1, 0.15) is 5.75 Å². The van der Waals surface area contributed by atoms with Gasteiger partial charge >= 0.3 is 0 Å². The van der Waals surface area contributed by atoms with Gasteiger partial charge in [-0.25, -0.2) is 0 Å². The second-order valence-corrected chi connectivity index (χ2v) is 4.52. The Labute approximate surface area is 106 Å². The van der Waals surface area contributed by atoms with Gasteiger partial charge in [0, 0.05) is 11.3 Å². The lowest BCUT2D eigenvalue weighted by atomic mass is 10.1. The van der Waals surface area contributed by atoms with Gasteiger partial charge in [-0.3, -0.25) is 4.79 Å². The molecule has 1 amide bonds. The molecule has 0 unspecified atom stereocenters. The summed E-state index contributed by atoms with van der Waals surface area (Å²) in [5.74, 6) is 0.461. The van der Waals surface area contributed by atoms with Gasteiger partial charge in [0.2, 0.25) is 5.91 Å². The fraction of sp³-hybridized carbons (Fsp3) is 0.462. The number of nitrogens with one attached hydrogen (secondary N) is 1. The number of anilines is 1. The lowest BCUT2D eigenvalue weighted by Crippen LogP contribution is -2.37. The zero-order chi connectivity index (χ0) is 13.2. The molecule has 0 aliphatic heterocycles. The van der Waals surface area contributed by atoms with Crippen LogP contribution in [0.3, 0.4) is 0 Å². The molecule has 0 spiro atoms. The molecule has 1 aliphatic rings. The minimum atomic E-state index is -0.696. The van der Waals surface area contributed by atoms with Crippen molar-refractivity contribution in [2.24, 2.45) is 5.73 Å². The molecule has 0 aromatic heterocycles. The van der Waals surface area contributed by atoms with Crippen molar-refractivity contribution in [3.8, 4) is 5.75 Å². The molecule has 2 rings (SSSR count). The predicted octanol–water partition coefficient (Wildman–Crippen LogP) is 1.01. The van der Waals surface area contributed by atoms with Crippen LogP contribution in [0.25, 0.3) is 0 Å². The summed E-state index contributed by atoms with van der Waals surface area (Å²) in [6.07, 6.45) is 1.45. The van der Waals surface area contributed by atoms with Gasteiger partial charge < -0.3 is 20.9 Å². The fourth-order valence-electron chi connectivity index (χ4n) is 1.69. The van der Waals surface area contributed by atoms with Crippen molar-refractivity contribution < 1.29 is 14.6 Å². The summed E-state index contributed by atoms with van der Waals surface area (Å²) in [5, 5.41) is 12.0. The number of aliphatic hydroxyl groups excluding tert-OH is 1. The maximum atomic E-state index is 11.8. The number of rotatable bonds is 5. The Morgan fingerprint density at radius 1 is 1.56 bits per heavy atom. The van der Waals surface area contributed by atoms with E-state index in [2.05, 4.69) is 5.32 Å². The molecule has 5 heteroatoms. The summed E-state index contributed by atoms with van der Waals surface area (Å²) >= 11 is 0. The molecule has 4 N–H and O–H groups in total. The lowest BCUT2D eigenvalue weighted by molar-refractivity contribution is -0.118. The second-order valence-electron chi connectivity index (χ2n) is 4.52. The summed E-state index contributed by atoms with van der Waals surface area (Å²) in [5.41, 5.74) is 6.38. The van der Waals surface area contributed by atoms with Gasteiger partial charge in [-0.15, -0.1) is 0 Å². The van der Waals surface area contributed by atoms with E-state index in [0.29, 0.717) is 23.6 Å². The van der Waals surface area contributed by atoms with E-state index < -0.39 is 5.54 Å². The highest BCUT2D eigenvalue weighted by Gasteiger charge is 2.45. The van der Waals surface area contributed by atoms with Crippen LogP contribution in [0.5, 0.6) is 5.75 Å². The van der Waals surface area contributed by atoms with Crippen LogP contribution in [0, 0.1) is 0 Å². The molecule has 1 saturated carbocycles. The standard InChI is InChI=1S/C13H18N2O3/c1-2-18-11-4-3-10(7-9(11)8-16)15-12(17)13(14)5-6-13/h3-4,7,16H,2,5-6,8,14H2,1H3,(H,15,17). The van der Waals surface area contributed by atoms with Crippen molar-refractivity contribution in [2.75, 3.05) is 11.9 Å². The minimum absolute atomic E-state index is 0.132. The molecular weight excluding hydrogens is 232 g/mol. The third-order valence-corrected chi connectivity index (χ3v) is 3.03. The first-order valence-electron chi connectivity index (χ1n) is 6.06. The highest BCUT2D eigenvalue weighted by atomic mass is 16.5. The average Bonchev–Trinajstić information content (AvgIpc) is 3.11. The molecule has 1 aliphatic carbocycles. The normalized spacial score (nSPS) is 16.2. The zero-order valence-corrected chi connectivity index (χ0v) is 10.4. The van der Waals surface area contributed by atoms with Crippen LogP contribution < -0.4 is 15.8 Å². The van der Waals surface area contributed by atoms with Crippen LogP contribution in [0.1, 0.15) is 25.3 Å². The predicted molar refractivity (Wildman–Crippen MR) is 68.3 cm³/mol. The van der Waals surface area contributed by atoms with E-state index in [4.69, 9.17) is 10.5 Å². The van der Waals surface area contributed by atoms with E-state index in [9.17, 15) is 9.90 Å². The number of carbonyl (C=O) groups excluding carboxylic acids is 1. The largest absolute Gasteiger partial charge is 0.494 e. The smallest absolute Gasteiger partial charge is 0.244 e. The Balaban J connectivity index is 2.11. The van der Waals surface area contributed by atoms with Gasteiger partial charge in [0.15, 0.2) is 0 Å². The lowest BCUT2D eigenvalue weighted by Gasteiger charge is -2.13. The highest BCUT2D eigenvalue weighted by Crippen LogP contribution is 2.33. The number of nitrogens with two attached hydrogens (primary N) is 1. The van der Waals surface area contributed by atoms with Gasteiger partial charge in [-0.1, -0.05) is 0 Å². The maximum absolute atomic E-state index is 11.8. The SMILES string of the molecule is CCOc1ccc(NC(=O)C2(N)CC2)cc1CO. The van der Waals surface area contributed by atoms with Crippen LogP contribution in [-0.2, 0) is 11.4 Å². The first-order chi connectivity index (χ1) is 8.59. The second kappa shape index (κ2) is 4.96. The van der Waals surface area contributed by atoms with Gasteiger partial charge in [-0.05, 0) is 38.0 Å². The molecule has 18 heavy (non-hydrogen) atoms. The number of aliphatic hydroxyl groups is 1. The van der Waals surface area contributed by atoms with Gasteiger partial charge in [0.25, 0.3) is 0 Å². The summed E-state index contributed by atoms with van der Waals surface area (Å²) in [6.45, 7) is 2.28. The third kappa shape index (κ3) is 2.63. The molecular formula is C13H18N2O3. The minimum Gasteiger partial charge on any atom is -0.494 e. The summed E-state index contributed by atoms with van der Waals surface area (Å²) < 4.78 is 5.37. The van der Waals surface area contributed by atoms with E-state index in [0.717, 1.165) is 12.8 Å². The fourth-order valence-corrected chi connectivity index (χ4v) is 1.69. The molecule has 0 radical (unpaired) electrons. The van der Waals surface area contributed by atoms with Crippen molar-refractivity contribution in [1.82, 2.24) is 0 Å². The molecule has 1 fully saturated rings. The summed E-state index contributed by atoms with van der Waals surface area (Å²) in [4.78, 5) is 11.8. The van der Waals surface area contributed by atoms with Crippen LogP contribution in [0.2, 0.25) is 0 Å². The molecule has 0 saturated heterocycles. The number of carbonyl (C=O) groups is 1. The van der Waals surface area contributed by atoms with Crippen molar-refractivity contribution >= 4 is 11.6 Å². The van der Waals surface area contributed by atoms with Crippen molar-refractivity contribution in [3.63, 3.8) is 0 Å².